The van der Waals surface area contributed by atoms with Gasteiger partial charge in [-0.1, -0.05) is 6.07 Å². The fraction of sp³-hybridized carbons (Fsp3) is 0.105. The molecule has 0 saturated carbocycles. The van der Waals surface area contributed by atoms with Crippen LogP contribution in [0.3, 0.4) is 0 Å². The van der Waals surface area contributed by atoms with Crippen LogP contribution in [0.25, 0.3) is 16.6 Å². The minimum atomic E-state index is -0.699. The fourth-order valence-electron chi connectivity index (χ4n) is 2.98. The Morgan fingerprint density at radius 1 is 1.07 bits per heavy atom. The summed E-state index contributed by atoms with van der Waals surface area (Å²) in [5, 5.41) is 7.05. The minimum absolute atomic E-state index is 0.0270. The molecule has 0 aliphatic heterocycles. The molecular formula is C19H14F3N5O. The highest BCUT2D eigenvalue weighted by Gasteiger charge is 2.15. The maximum atomic E-state index is 14.2. The van der Waals surface area contributed by atoms with Gasteiger partial charge in [0.15, 0.2) is 5.82 Å². The summed E-state index contributed by atoms with van der Waals surface area (Å²) in [5.74, 6) is -1.67. The van der Waals surface area contributed by atoms with E-state index in [4.69, 9.17) is 0 Å². The molecule has 0 atom stereocenters. The smallest absolute Gasteiger partial charge is 0.266 e. The SMILES string of the molecule is CNc1cc(-n2ccc3c(cnn3Cc3c(F)cccc3F)c2=O)c(F)cn1. The summed E-state index contributed by atoms with van der Waals surface area (Å²) in [6, 6.07) is 6.53. The first-order valence-electron chi connectivity index (χ1n) is 8.33. The summed E-state index contributed by atoms with van der Waals surface area (Å²) in [5.41, 5.74) is -0.258. The van der Waals surface area contributed by atoms with Crippen molar-refractivity contribution in [3.63, 3.8) is 0 Å². The van der Waals surface area contributed by atoms with Gasteiger partial charge in [-0.15, -0.1) is 0 Å². The molecule has 0 unspecified atom stereocenters. The standard InChI is InChI=1S/C19H14F3N5O/c1-23-18-7-17(15(22)9-24-18)26-6-5-16-11(19(26)28)8-25-27(16)10-12-13(20)3-2-4-14(12)21/h2-9H,10H2,1H3,(H,23,24). The van der Waals surface area contributed by atoms with Gasteiger partial charge in [0.1, 0.15) is 17.5 Å². The topological polar surface area (TPSA) is 64.7 Å². The molecule has 9 heteroatoms. The first kappa shape index (κ1) is 17.8. The Morgan fingerprint density at radius 3 is 2.54 bits per heavy atom. The molecule has 1 aromatic carbocycles. The predicted molar refractivity (Wildman–Crippen MR) is 98.1 cm³/mol. The van der Waals surface area contributed by atoms with E-state index in [2.05, 4.69) is 15.4 Å². The molecule has 1 N–H and O–H groups in total. The van der Waals surface area contributed by atoms with E-state index in [-0.39, 0.29) is 23.2 Å². The monoisotopic (exact) mass is 385 g/mol. The first-order valence-corrected chi connectivity index (χ1v) is 8.33. The van der Waals surface area contributed by atoms with E-state index < -0.39 is 23.0 Å². The van der Waals surface area contributed by atoms with E-state index in [1.807, 2.05) is 0 Å². The molecule has 0 aliphatic rings. The second kappa shape index (κ2) is 6.84. The minimum Gasteiger partial charge on any atom is -0.373 e. The zero-order valence-corrected chi connectivity index (χ0v) is 14.7. The number of hydrogen-bond acceptors (Lipinski definition) is 4. The molecule has 4 aromatic rings. The predicted octanol–water partition coefficient (Wildman–Crippen LogP) is 3.09. The number of benzene rings is 1. The molecule has 0 saturated heterocycles. The van der Waals surface area contributed by atoms with Crippen LogP contribution in [0.5, 0.6) is 0 Å². The number of hydrogen-bond donors (Lipinski definition) is 1. The van der Waals surface area contributed by atoms with Crippen LogP contribution >= 0.6 is 0 Å². The molecule has 0 aliphatic carbocycles. The van der Waals surface area contributed by atoms with Gasteiger partial charge < -0.3 is 5.32 Å². The molecule has 3 aromatic heterocycles. The van der Waals surface area contributed by atoms with E-state index >= 15 is 0 Å². The van der Waals surface area contributed by atoms with Gasteiger partial charge in [-0.2, -0.15) is 5.10 Å². The summed E-state index contributed by atoms with van der Waals surface area (Å²) in [7, 11) is 1.63. The molecule has 0 bridgehead atoms. The number of nitrogens with zero attached hydrogens (tertiary/aromatic N) is 4. The van der Waals surface area contributed by atoms with Gasteiger partial charge in [0.05, 0.1) is 35.5 Å². The molecule has 3 heterocycles. The molecule has 0 radical (unpaired) electrons. The van der Waals surface area contributed by atoms with Crippen molar-refractivity contribution in [2.24, 2.45) is 0 Å². The van der Waals surface area contributed by atoms with E-state index in [1.165, 1.54) is 29.2 Å². The number of anilines is 1. The van der Waals surface area contributed by atoms with Gasteiger partial charge in [0, 0.05) is 24.9 Å². The number of halogens is 3. The van der Waals surface area contributed by atoms with E-state index in [9.17, 15) is 18.0 Å². The molecule has 142 valence electrons. The Kier molecular flexibility index (Phi) is 4.34. The molecule has 0 fully saturated rings. The van der Waals surface area contributed by atoms with Crippen LogP contribution in [0.4, 0.5) is 19.0 Å². The second-order valence-corrected chi connectivity index (χ2v) is 6.06. The normalized spacial score (nSPS) is 11.1. The average molecular weight is 385 g/mol. The summed E-state index contributed by atoms with van der Waals surface area (Å²) in [4.78, 5) is 16.7. The molecule has 4 rings (SSSR count). The number of pyridine rings is 2. The third kappa shape index (κ3) is 2.90. The lowest BCUT2D eigenvalue weighted by molar-refractivity contribution is 0.537. The van der Waals surface area contributed by atoms with Crippen LogP contribution < -0.4 is 10.9 Å². The lowest BCUT2D eigenvalue weighted by atomic mass is 10.2. The summed E-state index contributed by atoms with van der Waals surface area (Å²) >= 11 is 0. The molecule has 0 amide bonds. The van der Waals surface area contributed by atoms with Crippen molar-refractivity contribution in [2.45, 2.75) is 6.54 Å². The van der Waals surface area contributed by atoms with Gasteiger partial charge in [-0.25, -0.2) is 18.2 Å². The third-order valence-electron chi connectivity index (χ3n) is 4.43. The highest BCUT2D eigenvalue weighted by atomic mass is 19.1. The second-order valence-electron chi connectivity index (χ2n) is 6.06. The van der Waals surface area contributed by atoms with Crippen LogP contribution in [0.15, 0.2) is 53.7 Å². The van der Waals surface area contributed by atoms with Crippen molar-refractivity contribution in [3.05, 3.63) is 82.3 Å². The van der Waals surface area contributed by atoms with E-state index in [0.29, 0.717) is 11.3 Å². The van der Waals surface area contributed by atoms with Crippen molar-refractivity contribution >= 4 is 16.7 Å². The van der Waals surface area contributed by atoms with Crippen molar-refractivity contribution in [1.29, 1.82) is 0 Å². The quantitative estimate of drug-likeness (QED) is 0.586. The average Bonchev–Trinajstić information content (AvgIpc) is 3.10. The first-order chi connectivity index (χ1) is 13.5. The Bertz CT molecular complexity index is 1230. The fourth-order valence-corrected chi connectivity index (χ4v) is 2.98. The van der Waals surface area contributed by atoms with Crippen LogP contribution in [-0.4, -0.2) is 26.4 Å². The zero-order chi connectivity index (χ0) is 19.8. The zero-order valence-electron chi connectivity index (χ0n) is 14.7. The Morgan fingerprint density at radius 2 is 1.82 bits per heavy atom. The number of nitrogens with one attached hydrogen (secondary N) is 1. The number of aromatic nitrogens is 4. The Labute approximate surface area is 156 Å². The number of fused-ring (bicyclic) bond motifs is 1. The van der Waals surface area contributed by atoms with Crippen molar-refractivity contribution in [3.8, 4) is 5.69 Å². The number of rotatable bonds is 4. The van der Waals surface area contributed by atoms with Crippen LogP contribution in [0, 0.1) is 17.5 Å². The Hall–Kier alpha value is -3.62. The van der Waals surface area contributed by atoms with Crippen molar-refractivity contribution in [2.75, 3.05) is 12.4 Å². The van der Waals surface area contributed by atoms with Crippen molar-refractivity contribution in [1.82, 2.24) is 19.3 Å². The summed E-state index contributed by atoms with van der Waals surface area (Å²) < 4.78 is 44.5. The van der Waals surface area contributed by atoms with Gasteiger partial charge in [0.25, 0.3) is 5.56 Å². The summed E-state index contributed by atoms with van der Waals surface area (Å²) in [6.07, 6.45) is 3.70. The highest BCUT2D eigenvalue weighted by Crippen LogP contribution is 2.19. The highest BCUT2D eigenvalue weighted by molar-refractivity contribution is 5.78. The van der Waals surface area contributed by atoms with Gasteiger partial charge in [-0.3, -0.25) is 14.0 Å². The lowest BCUT2D eigenvalue weighted by Crippen LogP contribution is -2.19. The van der Waals surface area contributed by atoms with Crippen LogP contribution in [-0.2, 0) is 6.54 Å². The van der Waals surface area contributed by atoms with E-state index in [0.717, 1.165) is 22.9 Å². The largest absolute Gasteiger partial charge is 0.373 e. The molecule has 0 spiro atoms. The maximum Gasteiger partial charge on any atom is 0.266 e. The van der Waals surface area contributed by atoms with Crippen molar-refractivity contribution < 1.29 is 13.2 Å². The molecular weight excluding hydrogens is 371 g/mol. The van der Waals surface area contributed by atoms with Gasteiger partial charge >= 0.3 is 0 Å². The lowest BCUT2D eigenvalue weighted by Gasteiger charge is -2.10. The van der Waals surface area contributed by atoms with Gasteiger partial charge in [0.2, 0.25) is 0 Å². The maximum absolute atomic E-state index is 14.2. The molecule has 6 nitrogen and oxygen atoms in total. The van der Waals surface area contributed by atoms with Gasteiger partial charge in [-0.05, 0) is 18.2 Å². The van der Waals surface area contributed by atoms with Crippen LogP contribution in [0.2, 0.25) is 0 Å². The Balaban J connectivity index is 1.82. The molecule has 28 heavy (non-hydrogen) atoms. The van der Waals surface area contributed by atoms with E-state index in [1.54, 1.807) is 13.1 Å². The van der Waals surface area contributed by atoms with Crippen LogP contribution in [0.1, 0.15) is 5.56 Å². The summed E-state index contributed by atoms with van der Waals surface area (Å²) in [6.45, 7) is -0.182. The third-order valence-corrected chi connectivity index (χ3v) is 4.43.